The van der Waals surface area contributed by atoms with Crippen LogP contribution in [-0.2, 0) is 6.54 Å². The van der Waals surface area contributed by atoms with Crippen molar-refractivity contribution in [3.8, 4) is 0 Å². The predicted octanol–water partition coefficient (Wildman–Crippen LogP) is 3.47. The summed E-state index contributed by atoms with van der Waals surface area (Å²) in [6, 6.07) is 8.59. The van der Waals surface area contributed by atoms with Gasteiger partial charge in [-0.2, -0.15) is 0 Å². The fraction of sp³-hybridized carbons (Fsp3) is 0.133. The molecule has 1 amide bonds. The van der Waals surface area contributed by atoms with Crippen LogP contribution in [0.5, 0.6) is 0 Å². The molecule has 0 aromatic heterocycles. The molecule has 2 rings (SSSR count). The minimum absolute atomic E-state index is 0.0645. The van der Waals surface area contributed by atoms with E-state index in [2.05, 4.69) is 0 Å². The van der Waals surface area contributed by atoms with Gasteiger partial charge in [-0.15, -0.1) is 0 Å². The summed E-state index contributed by atoms with van der Waals surface area (Å²) in [5.74, 6) is -2.67. The first-order valence-corrected chi connectivity index (χ1v) is 6.50. The Morgan fingerprint density at radius 2 is 1.76 bits per heavy atom. The van der Waals surface area contributed by atoms with Gasteiger partial charge >= 0.3 is 0 Å². The summed E-state index contributed by atoms with van der Waals surface area (Å²) in [5.41, 5.74) is 6.27. The number of hydrogen-bond donors (Lipinski definition) is 1. The Bertz CT molecular complexity index is 674. The van der Waals surface area contributed by atoms with Crippen LogP contribution in [0.15, 0.2) is 36.4 Å². The van der Waals surface area contributed by atoms with Crippen LogP contribution < -0.4 is 5.73 Å². The highest BCUT2D eigenvalue weighted by atomic mass is 35.5. The molecule has 110 valence electrons. The summed E-state index contributed by atoms with van der Waals surface area (Å²) >= 11 is 5.79. The molecule has 0 heterocycles. The number of halogens is 3. The molecule has 0 aliphatic heterocycles. The standard InChI is InChI=1S/C15H13ClF2N2O/c1-20(8-9-2-4-10(16)5-3-9)15(21)11-6-12(17)13(18)7-14(11)19/h2-7H,8,19H2,1H3. The fourth-order valence-corrected chi connectivity index (χ4v) is 2.01. The summed E-state index contributed by atoms with van der Waals surface area (Å²) < 4.78 is 26.3. The smallest absolute Gasteiger partial charge is 0.256 e. The first-order chi connectivity index (χ1) is 9.88. The van der Waals surface area contributed by atoms with Crippen molar-refractivity contribution in [2.75, 3.05) is 12.8 Å². The molecule has 2 aromatic rings. The van der Waals surface area contributed by atoms with Crippen molar-refractivity contribution in [3.05, 3.63) is 64.2 Å². The van der Waals surface area contributed by atoms with Crippen molar-refractivity contribution >= 4 is 23.2 Å². The third kappa shape index (κ3) is 3.49. The Hall–Kier alpha value is -2.14. The number of rotatable bonds is 3. The SMILES string of the molecule is CN(Cc1ccc(Cl)cc1)C(=O)c1cc(F)c(F)cc1N. The van der Waals surface area contributed by atoms with Crippen molar-refractivity contribution in [1.82, 2.24) is 4.90 Å². The summed E-state index contributed by atoms with van der Waals surface area (Å²) in [4.78, 5) is 13.6. The number of nitrogens with zero attached hydrogens (tertiary/aromatic N) is 1. The van der Waals surface area contributed by atoms with E-state index in [9.17, 15) is 13.6 Å². The molecular weight excluding hydrogens is 298 g/mol. The third-order valence-electron chi connectivity index (χ3n) is 3.00. The molecule has 0 fully saturated rings. The number of anilines is 1. The van der Waals surface area contributed by atoms with E-state index in [1.807, 2.05) is 0 Å². The Morgan fingerprint density at radius 1 is 1.19 bits per heavy atom. The van der Waals surface area contributed by atoms with Gasteiger partial charge in [0, 0.05) is 30.4 Å². The number of carbonyl (C=O) groups is 1. The second kappa shape index (κ2) is 6.10. The Kier molecular flexibility index (Phi) is 4.43. The number of nitrogens with two attached hydrogens (primary N) is 1. The van der Waals surface area contributed by atoms with Crippen LogP contribution in [-0.4, -0.2) is 17.9 Å². The Labute approximate surface area is 125 Å². The summed E-state index contributed by atoms with van der Waals surface area (Å²) in [6.45, 7) is 0.300. The maximum Gasteiger partial charge on any atom is 0.256 e. The Balaban J connectivity index is 2.19. The zero-order valence-electron chi connectivity index (χ0n) is 11.2. The number of carbonyl (C=O) groups excluding carboxylic acids is 1. The molecule has 2 N–H and O–H groups in total. The molecule has 0 aliphatic carbocycles. The molecule has 2 aromatic carbocycles. The molecule has 0 spiro atoms. The lowest BCUT2D eigenvalue weighted by molar-refractivity contribution is 0.0785. The largest absolute Gasteiger partial charge is 0.398 e. The van der Waals surface area contributed by atoms with Crippen LogP contribution in [0.3, 0.4) is 0 Å². The minimum Gasteiger partial charge on any atom is -0.398 e. The topological polar surface area (TPSA) is 46.3 Å². The van der Waals surface area contributed by atoms with Crippen molar-refractivity contribution in [3.63, 3.8) is 0 Å². The second-order valence-corrected chi connectivity index (χ2v) is 5.08. The van der Waals surface area contributed by atoms with Crippen LogP contribution in [0, 0.1) is 11.6 Å². The van der Waals surface area contributed by atoms with Gasteiger partial charge in [-0.05, 0) is 23.8 Å². The quantitative estimate of drug-likeness (QED) is 0.882. The van der Waals surface area contributed by atoms with Gasteiger partial charge in [-0.25, -0.2) is 8.78 Å². The number of nitrogen functional groups attached to an aromatic ring is 1. The van der Waals surface area contributed by atoms with Crippen molar-refractivity contribution in [1.29, 1.82) is 0 Å². The van der Waals surface area contributed by atoms with Gasteiger partial charge in [-0.1, -0.05) is 23.7 Å². The molecule has 0 unspecified atom stereocenters. The molecule has 0 saturated heterocycles. The van der Waals surface area contributed by atoms with Crippen LogP contribution in [0.1, 0.15) is 15.9 Å². The first-order valence-electron chi connectivity index (χ1n) is 6.13. The van der Waals surface area contributed by atoms with E-state index in [-0.39, 0.29) is 11.3 Å². The van der Waals surface area contributed by atoms with Gasteiger partial charge in [0.15, 0.2) is 11.6 Å². The zero-order valence-corrected chi connectivity index (χ0v) is 12.0. The average molecular weight is 311 g/mol. The molecule has 3 nitrogen and oxygen atoms in total. The maximum atomic E-state index is 13.2. The second-order valence-electron chi connectivity index (χ2n) is 4.64. The van der Waals surface area contributed by atoms with Gasteiger partial charge in [0.1, 0.15) is 0 Å². The van der Waals surface area contributed by atoms with Gasteiger partial charge in [-0.3, -0.25) is 4.79 Å². The van der Waals surface area contributed by atoms with Gasteiger partial charge in [0.25, 0.3) is 5.91 Å². The highest BCUT2D eigenvalue weighted by molar-refractivity contribution is 6.30. The lowest BCUT2D eigenvalue weighted by Gasteiger charge is -2.18. The van der Waals surface area contributed by atoms with Crippen LogP contribution in [0.4, 0.5) is 14.5 Å². The molecule has 0 bridgehead atoms. The highest BCUT2D eigenvalue weighted by Gasteiger charge is 2.18. The van der Waals surface area contributed by atoms with E-state index in [1.165, 1.54) is 4.90 Å². The highest BCUT2D eigenvalue weighted by Crippen LogP contribution is 2.19. The zero-order chi connectivity index (χ0) is 15.6. The van der Waals surface area contributed by atoms with E-state index in [0.29, 0.717) is 11.6 Å². The van der Waals surface area contributed by atoms with E-state index in [4.69, 9.17) is 17.3 Å². The predicted molar refractivity (Wildman–Crippen MR) is 78.0 cm³/mol. The summed E-state index contributed by atoms with van der Waals surface area (Å²) in [7, 11) is 1.55. The van der Waals surface area contributed by atoms with E-state index >= 15 is 0 Å². The molecule has 0 aliphatic rings. The average Bonchev–Trinajstić information content (AvgIpc) is 2.44. The van der Waals surface area contributed by atoms with E-state index in [1.54, 1.807) is 31.3 Å². The van der Waals surface area contributed by atoms with Crippen molar-refractivity contribution in [2.45, 2.75) is 6.54 Å². The number of benzene rings is 2. The van der Waals surface area contributed by atoms with Crippen LogP contribution in [0.2, 0.25) is 5.02 Å². The molecular formula is C15H13ClF2N2O. The van der Waals surface area contributed by atoms with Gasteiger partial charge in [0.05, 0.1) is 5.56 Å². The molecule has 0 atom stereocenters. The lowest BCUT2D eigenvalue weighted by atomic mass is 10.1. The number of hydrogen-bond acceptors (Lipinski definition) is 2. The van der Waals surface area contributed by atoms with Gasteiger partial charge in [0.2, 0.25) is 0 Å². The molecule has 6 heteroatoms. The maximum absolute atomic E-state index is 13.2. The summed E-state index contributed by atoms with van der Waals surface area (Å²) in [5, 5.41) is 0.595. The van der Waals surface area contributed by atoms with Crippen molar-refractivity contribution < 1.29 is 13.6 Å². The van der Waals surface area contributed by atoms with Crippen LogP contribution in [0.25, 0.3) is 0 Å². The minimum atomic E-state index is -1.10. The third-order valence-corrected chi connectivity index (χ3v) is 3.25. The fourth-order valence-electron chi connectivity index (χ4n) is 1.89. The molecule has 0 saturated carbocycles. The lowest BCUT2D eigenvalue weighted by Crippen LogP contribution is -2.27. The Morgan fingerprint density at radius 3 is 2.38 bits per heavy atom. The molecule has 0 radical (unpaired) electrons. The van der Waals surface area contributed by atoms with E-state index < -0.39 is 17.5 Å². The normalized spacial score (nSPS) is 10.5. The molecule has 21 heavy (non-hydrogen) atoms. The number of amides is 1. The summed E-state index contributed by atoms with van der Waals surface area (Å²) in [6.07, 6.45) is 0. The van der Waals surface area contributed by atoms with Gasteiger partial charge < -0.3 is 10.6 Å². The van der Waals surface area contributed by atoms with Crippen LogP contribution >= 0.6 is 11.6 Å². The van der Waals surface area contributed by atoms with Crippen molar-refractivity contribution in [2.24, 2.45) is 0 Å². The van der Waals surface area contributed by atoms with E-state index in [0.717, 1.165) is 17.7 Å². The monoisotopic (exact) mass is 310 g/mol. The first kappa shape index (κ1) is 15.3.